The normalized spacial score (nSPS) is 23.5. The highest BCUT2D eigenvalue weighted by molar-refractivity contribution is 5.99. The van der Waals surface area contributed by atoms with Crippen molar-refractivity contribution in [2.75, 3.05) is 14.2 Å². The van der Waals surface area contributed by atoms with Gasteiger partial charge in [0.25, 0.3) is 0 Å². The molecule has 6 rings (SSSR count). The van der Waals surface area contributed by atoms with E-state index < -0.39 is 0 Å². The van der Waals surface area contributed by atoms with Crippen molar-refractivity contribution in [1.29, 1.82) is 0 Å². The van der Waals surface area contributed by atoms with Gasteiger partial charge in [0.05, 0.1) is 30.5 Å². The Morgan fingerprint density at radius 2 is 1.77 bits per heavy atom. The van der Waals surface area contributed by atoms with E-state index in [9.17, 15) is 9.59 Å². The van der Waals surface area contributed by atoms with Crippen LogP contribution in [0.25, 0.3) is 22.2 Å². The minimum Gasteiger partial charge on any atom is -0.465 e. The molecule has 39 heavy (non-hydrogen) atoms. The number of rotatable bonds is 5. The summed E-state index contributed by atoms with van der Waals surface area (Å²) in [5, 5.41) is 4.67. The van der Waals surface area contributed by atoms with Gasteiger partial charge in [0.15, 0.2) is 0 Å². The fourth-order valence-electron chi connectivity index (χ4n) is 7.40. The number of carbonyl (C=O) groups excluding carboxylic acids is 2. The average molecular weight is 529 g/mol. The van der Waals surface area contributed by atoms with Crippen LogP contribution < -0.4 is 5.32 Å². The molecule has 6 nitrogen and oxygen atoms in total. The Labute approximate surface area is 231 Å². The lowest BCUT2D eigenvalue weighted by molar-refractivity contribution is -0.128. The molecule has 0 bridgehead atoms. The SMILES string of the molecule is COC(=O)c1ccc2c(C3CCCCC3)c3n(c2c1)CC(NC(=O)C1CCCC(OC)C1)Cc1ccccc1-3. The molecule has 1 amide bonds. The molecule has 0 spiro atoms. The van der Waals surface area contributed by atoms with Gasteiger partial charge in [0, 0.05) is 36.0 Å². The van der Waals surface area contributed by atoms with E-state index in [0.29, 0.717) is 18.0 Å². The molecule has 1 N–H and O–H groups in total. The number of fused-ring (bicyclic) bond motifs is 5. The van der Waals surface area contributed by atoms with Gasteiger partial charge in [0.2, 0.25) is 5.91 Å². The maximum Gasteiger partial charge on any atom is 0.337 e. The van der Waals surface area contributed by atoms with Crippen molar-refractivity contribution >= 4 is 22.8 Å². The standard InChI is InChI=1S/C33H40N2O4/c1-38-26-13-8-12-23(18-26)32(36)34-25-17-22-11-6-7-14-27(22)31-30(21-9-4-3-5-10-21)28-16-15-24(33(37)39-2)19-29(28)35(31)20-25/h6-7,11,14-16,19,21,23,25-26H,3-5,8-10,12-13,17-18,20H2,1-2H3,(H,34,36). The van der Waals surface area contributed by atoms with Crippen molar-refractivity contribution in [2.45, 2.75) is 88.8 Å². The molecule has 2 fully saturated rings. The lowest BCUT2D eigenvalue weighted by Crippen LogP contribution is -2.43. The van der Waals surface area contributed by atoms with Crippen LogP contribution in [-0.2, 0) is 27.2 Å². The molecule has 2 heterocycles. The summed E-state index contributed by atoms with van der Waals surface area (Å²) in [6, 6.07) is 14.7. The summed E-state index contributed by atoms with van der Waals surface area (Å²) in [4.78, 5) is 26.1. The fraction of sp³-hybridized carbons (Fsp3) is 0.515. The van der Waals surface area contributed by atoms with Gasteiger partial charge in [-0.1, -0.05) is 56.0 Å². The first-order chi connectivity index (χ1) is 19.1. The molecule has 2 aliphatic carbocycles. The van der Waals surface area contributed by atoms with E-state index in [1.165, 1.54) is 67.0 Å². The highest BCUT2D eigenvalue weighted by Crippen LogP contribution is 2.46. The van der Waals surface area contributed by atoms with Crippen molar-refractivity contribution in [1.82, 2.24) is 9.88 Å². The Morgan fingerprint density at radius 3 is 2.56 bits per heavy atom. The first-order valence-electron chi connectivity index (χ1n) is 14.7. The molecule has 206 valence electrons. The van der Waals surface area contributed by atoms with Gasteiger partial charge in [-0.2, -0.15) is 0 Å². The zero-order valence-corrected chi connectivity index (χ0v) is 23.2. The van der Waals surface area contributed by atoms with E-state index in [1.54, 1.807) is 7.11 Å². The van der Waals surface area contributed by atoms with Crippen LogP contribution in [0, 0.1) is 5.92 Å². The number of ether oxygens (including phenoxy) is 2. The van der Waals surface area contributed by atoms with E-state index >= 15 is 0 Å². The van der Waals surface area contributed by atoms with Crippen LogP contribution >= 0.6 is 0 Å². The van der Waals surface area contributed by atoms with Crippen LogP contribution in [0.5, 0.6) is 0 Å². The molecular formula is C33H40N2O4. The third-order valence-electron chi connectivity index (χ3n) is 9.36. The van der Waals surface area contributed by atoms with Crippen LogP contribution in [-0.4, -0.2) is 42.8 Å². The number of hydrogen-bond donors (Lipinski definition) is 1. The lowest BCUT2D eigenvalue weighted by atomic mass is 9.81. The van der Waals surface area contributed by atoms with Gasteiger partial charge in [-0.25, -0.2) is 4.79 Å². The molecule has 1 aromatic heterocycles. The number of amides is 1. The smallest absolute Gasteiger partial charge is 0.337 e. The van der Waals surface area contributed by atoms with Gasteiger partial charge in [-0.15, -0.1) is 0 Å². The second-order valence-electron chi connectivity index (χ2n) is 11.7. The summed E-state index contributed by atoms with van der Waals surface area (Å²) in [5.74, 6) is 0.304. The average Bonchev–Trinajstić information content (AvgIpc) is 3.20. The molecule has 0 radical (unpaired) electrons. The van der Waals surface area contributed by atoms with Crippen molar-refractivity contribution in [3.05, 3.63) is 59.2 Å². The zero-order chi connectivity index (χ0) is 26.9. The fourth-order valence-corrected chi connectivity index (χ4v) is 7.40. The first kappa shape index (κ1) is 26.1. The van der Waals surface area contributed by atoms with Crippen molar-refractivity contribution in [3.63, 3.8) is 0 Å². The highest BCUT2D eigenvalue weighted by atomic mass is 16.5. The molecule has 3 atom stereocenters. The molecule has 2 aromatic carbocycles. The Bertz CT molecular complexity index is 1370. The topological polar surface area (TPSA) is 69.6 Å². The Morgan fingerprint density at radius 1 is 0.949 bits per heavy atom. The number of esters is 1. The molecule has 3 unspecified atom stereocenters. The van der Waals surface area contributed by atoms with Crippen molar-refractivity contribution < 1.29 is 19.1 Å². The Kier molecular flexibility index (Phi) is 7.48. The first-order valence-corrected chi connectivity index (χ1v) is 14.7. The van der Waals surface area contributed by atoms with Crippen LogP contribution in [0.4, 0.5) is 0 Å². The number of methoxy groups -OCH3 is 2. The number of nitrogens with one attached hydrogen (secondary N) is 1. The summed E-state index contributed by atoms with van der Waals surface area (Å²) in [6.07, 6.45) is 10.9. The second-order valence-corrected chi connectivity index (χ2v) is 11.7. The quantitative estimate of drug-likeness (QED) is 0.390. The van der Waals surface area contributed by atoms with Crippen LogP contribution in [0.2, 0.25) is 0 Å². The number of hydrogen-bond acceptors (Lipinski definition) is 4. The number of nitrogens with zero attached hydrogens (tertiary/aromatic N) is 1. The van der Waals surface area contributed by atoms with Gasteiger partial charge in [0.1, 0.15) is 0 Å². The van der Waals surface area contributed by atoms with Gasteiger partial charge in [-0.05, 0) is 67.7 Å². The highest BCUT2D eigenvalue weighted by Gasteiger charge is 2.33. The predicted octanol–water partition coefficient (Wildman–Crippen LogP) is 6.39. The third kappa shape index (κ3) is 5.00. The number of carbonyl (C=O) groups is 2. The molecule has 2 saturated carbocycles. The van der Waals surface area contributed by atoms with E-state index in [1.807, 2.05) is 12.1 Å². The molecule has 0 saturated heterocycles. The summed E-state index contributed by atoms with van der Waals surface area (Å²) < 4.78 is 13.1. The van der Waals surface area contributed by atoms with E-state index in [0.717, 1.165) is 37.6 Å². The molecule has 3 aromatic rings. The van der Waals surface area contributed by atoms with E-state index in [4.69, 9.17) is 9.47 Å². The summed E-state index contributed by atoms with van der Waals surface area (Å²) in [6.45, 7) is 0.671. The van der Waals surface area contributed by atoms with Gasteiger partial charge < -0.3 is 19.4 Å². The molecule has 1 aliphatic heterocycles. The predicted molar refractivity (Wildman–Crippen MR) is 153 cm³/mol. The largest absolute Gasteiger partial charge is 0.465 e. The number of aromatic nitrogens is 1. The van der Waals surface area contributed by atoms with Crippen molar-refractivity contribution in [3.8, 4) is 11.3 Å². The summed E-state index contributed by atoms with van der Waals surface area (Å²) >= 11 is 0. The maximum absolute atomic E-state index is 13.5. The Hall–Kier alpha value is -3.12. The minimum absolute atomic E-state index is 0.00759. The zero-order valence-electron chi connectivity index (χ0n) is 23.2. The maximum atomic E-state index is 13.5. The molecular weight excluding hydrogens is 488 g/mol. The Balaban J connectivity index is 1.45. The van der Waals surface area contributed by atoms with E-state index in [2.05, 4.69) is 40.2 Å². The van der Waals surface area contributed by atoms with Crippen LogP contribution in [0.15, 0.2) is 42.5 Å². The van der Waals surface area contributed by atoms with Crippen LogP contribution in [0.1, 0.15) is 85.2 Å². The van der Waals surface area contributed by atoms with E-state index in [-0.39, 0.29) is 29.9 Å². The van der Waals surface area contributed by atoms with Gasteiger partial charge >= 0.3 is 5.97 Å². The number of benzene rings is 2. The lowest BCUT2D eigenvalue weighted by Gasteiger charge is -2.29. The second kappa shape index (κ2) is 11.2. The third-order valence-corrected chi connectivity index (χ3v) is 9.36. The summed E-state index contributed by atoms with van der Waals surface area (Å²) in [7, 11) is 3.18. The van der Waals surface area contributed by atoms with Crippen molar-refractivity contribution in [2.24, 2.45) is 5.92 Å². The minimum atomic E-state index is -0.324. The van der Waals surface area contributed by atoms with Gasteiger partial charge in [-0.3, -0.25) is 4.79 Å². The molecule has 3 aliphatic rings. The van der Waals surface area contributed by atoms with Crippen LogP contribution in [0.3, 0.4) is 0 Å². The molecule has 6 heteroatoms. The monoisotopic (exact) mass is 528 g/mol. The summed E-state index contributed by atoms with van der Waals surface area (Å²) in [5.41, 5.74) is 6.82.